The van der Waals surface area contributed by atoms with Crippen LogP contribution in [0, 0.1) is 5.82 Å². The zero-order valence-corrected chi connectivity index (χ0v) is 18.5. The summed E-state index contributed by atoms with van der Waals surface area (Å²) >= 11 is 13.7. The molecule has 0 saturated carbocycles. The van der Waals surface area contributed by atoms with Gasteiger partial charge in [0.2, 0.25) is 0 Å². The van der Waals surface area contributed by atoms with Crippen molar-refractivity contribution in [3.05, 3.63) is 39.6 Å². The number of ether oxygens (including phenoxy) is 1. The second-order valence-electron chi connectivity index (χ2n) is 6.62. The first-order chi connectivity index (χ1) is 14.8. The van der Waals surface area contributed by atoms with Crippen molar-refractivity contribution in [2.24, 2.45) is 0 Å². The lowest BCUT2D eigenvalue weighted by Gasteiger charge is -2.41. The van der Waals surface area contributed by atoms with Gasteiger partial charge in [-0.3, -0.25) is 0 Å². The number of nitrogens with zero attached hydrogens (tertiary/aromatic N) is 4. The van der Waals surface area contributed by atoms with E-state index in [4.69, 9.17) is 27.9 Å². The first-order valence-corrected chi connectivity index (χ1v) is 11.3. The average molecular weight is 509 g/mol. The van der Waals surface area contributed by atoms with Crippen LogP contribution in [0.25, 0.3) is 11.4 Å². The van der Waals surface area contributed by atoms with Crippen molar-refractivity contribution in [1.29, 1.82) is 0 Å². The molecule has 3 heterocycles. The Kier molecular flexibility index (Phi) is 6.70. The monoisotopic (exact) mass is 508 g/mol. The molecule has 31 heavy (non-hydrogen) atoms. The van der Waals surface area contributed by atoms with Crippen molar-refractivity contribution in [2.75, 3.05) is 6.61 Å². The van der Waals surface area contributed by atoms with Crippen LogP contribution < -0.4 is 0 Å². The maximum atomic E-state index is 13.7. The standard InChI is InChI=1S/C17H15Cl2FN4O5S2/c18-7-1-6(2-8(19)12(7)20)31-16-15(27)13(14(26)11(4-25)29-16)24-3-9(22-23-24)10-5-30-17(28)21-10/h1-3,5,11,13-16,25-27H,4H2,(H,21,28). The molecule has 0 bridgehead atoms. The first-order valence-electron chi connectivity index (χ1n) is 8.79. The summed E-state index contributed by atoms with van der Waals surface area (Å²) in [5.41, 5.74) is -0.270. The van der Waals surface area contributed by atoms with Gasteiger partial charge in [0.25, 0.3) is 5.19 Å². The third-order valence-corrected chi connectivity index (χ3v) is 6.95. The highest BCUT2D eigenvalue weighted by molar-refractivity contribution is 7.99. The molecule has 1 fully saturated rings. The van der Waals surface area contributed by atoms with Gasteiger partial charge in [-0.1, -0.05) is 51.5 Å². The smallest absolute Gasteiger partial charge is 0.271 e. The molecular weight excluding hydrogens is 494 g/mol. The van der Waals surface area contributed by atoms with Crippen molar-refractivity contribution >= 4 is 46.3 Å². The highest BCUT2D eigenvalue weighted by atomic mass is 35.5. The van der Waals surface area contributed by atoms with Crippen molar-refractivity contribution in [3.8, 4) is 16.6 Å². The molecule has 1 aromatic carbocycles. The zero-order valence-electron chi connectivity index (χ0n) is 15.3. The molecule has 1 aliphatic heterocycles. The van der Waals surface area contributed by atoms with Crippen LogP contribution in [0.2, 0.25) is 10.0 Å². The average Bonchev–Trinajstić information content (AvgIpc) is 3.37. The van der Waals surface area contributed by atoms with E-state index in [-0.39, 0.29) is 15.2 Å². The second kappa shape index (κ2) is 9.16. The maximum Gasteiger partial charge on any atom is 0.271 e. The van der Waals surface area contributed by atoms with Gasteiger partial charge in [-0.2, -0.15) is 0 Å². The Bertz CT molecular complexity index is 1060. The number of halogens is 3. The lowest BCUT2D eigenvalue weighted by atomic mass is 9.97. The van der Waals surface area contributed by atoms with Gasteiger partial charge < -0.3 is 25.2 Å². The van der Waals surface area contributed by atoms with Crippen molar-refractivity contribution < 1.29 is 29.6 Å². The number of hydrogen-bond acceptors (Lipinski definition) is 10. The van der Waals surface area contributed by atoms with Crippen molar-refractivity contribution in [2.45, 2.75) is 34.7 Å². The third-order valence-electron chi connectivity index (χ3n) is 4.63. The van der Waals surface area contributed by atoms with Gasteiger partial charge in [0.1, 0.15) is 41.2 Å². The van der Waals surface area contributed by atoms with E-state index in [2.05, 4.69) is 15.3 Å². The van der Waals surface area contributed by atoms with Gasteiger partial charge in [-0.15, -0.1) is 5.10 Å². The van der Waals surface area contributed by atoms with Crippen LogP contribution in [-0.4, -0.2) is 70.8 Å². The summed E-state index contributed by atoms with van der Waals surface area (Å²) < 4.78 is 20.6. The number of benzene rings is 1. The number of thioether (sulfide) groups is 1. The van der Waals surface area contributed by atoms with Crippen LogP contribution in [0.15, 0.2) is 28.6 Å². The van der Waals surface area contributed by atoms with E-state index >= 15 is 0 Å². The summed E-state index contributed by atoms with van der Waals surface area (Å²) in [6.07, 6.45) is -2.19. The number of hydrogen-bond donors (Lipinski definition) is 4. The van der Waals surface area contributed by atoms with Crippen LogP contribution in [0.1, 0.15) is 6.04 Å². The van der Waals surface area contributed by atoms with E-state index in [1.54, 1.807) is 5.38 Å². The fourth-order valence-corrected chi connectivity index (χ4v) is 5.43. The molecule has 0 amide bonds. The van der Waals surface area contributed by atoms with E-state index in [0.29, 0.717) is 16.3 Å². The van der Waals surface area contributed by atoms with Crippen LogP contribution in [-0.2, 0) is 4.74 Å². The maximum absolute atomic E-state index is 13.7. The second-order valence-corrected chi connectivity index (χ2v) is 9.44. The minimum absolute atomic E-state index is 0.135. The molecule has 166 valence electrons. The quantitative estimate of drug-likeness (QED) is 0.383. The van der Waals surface area contributed by atoms with Crippen molar-refractivity contribution in [1.82, 2.24) is 20.0 Å². The van der Waals surface area contributed by atoms with Gasteiger partial charge in [0, 0.05) is 10.3 Å². The molecule has 0 radical (unpaired) electrons. The summed E-state index contributed by atoms with van der Waals surface area (Å²) in [6.45, 7) is -0.520. The Labute approximate surface area is 193 Å². The molecule has 1 saturated heterocycles. The number of thiazole rings is 1. The topological polar surface area (TPSA) is 134 Å². The summed E-state index contributed by atoms with van der Waals surface area (Å²) in [5.74, 6) is -0.762. The van der Waals surface area contributed by atoms with Crippen LogP contribution in [0.5, 0.6) is 5.19 Å². The van der Waals surface area contributed by atoms with Crippen LogP contribution >= 0.6 is 46.3 Å². The Balaban J connectivity index is 1.62. The lowest BCUT2D eigenvalue weighted by molar-refractivity contribution is -0.178. The number of aliphatic hydroxyl groups is 3. The van der Waals surface area contributed by atoms with Crippen molar-refractivity contribution in [3.63, 3.8) is 0 Å². The van der Waals surface area contributed by atoms with E-state index in [0.717, 1.165) is 23.1 Å². The molecule has 4 N–H and O–H groups in total. The zero-order chi connectivity index (χ0) is 22.3. The number of rotatable bonds is 5. The third kappa shape index (κ3) is 4.52. The largest absolute Gasteiger partial charge is 0.486 e. The molecule has 0 spiro atoms. The van der Waals surface area contributed by atoms with Gasteiger partial charge in [-0.05, 0) is 12.1 Å². The first kappa shape index (κ1) is 22.7. The summed E-state index contributed by atoms with van der Waals surface area (Å²) in [6, 6.07) is 1.64. The van der Waals surface area contributed by atoms with Crippen LogP contribution in [0.4, 0.5) is 4.39 Å². The van der Waals surface area contributed by atoms with E-state index < -0.39 is 42.2 Å². The predicted molar refractivity (Wildman–Crippen MR) is 112 cm³/mol. The highest BCUT2D eigenvalue weighted by Crippen LogP contribution is 2.40. The Morgan fingerprint density at radius 3 is 2.52 bits per heavy atom. The Morgan fingerprint density at radius 2 is 1.90 bits per heavy atom. The molecule has 0 aliphatic carbocycles. The van der Waals surface area contributed by atoms with E-state index in [9.17, 15) is 24.8 Å². The minimum atomic E-state index is -1.31. The van der Waals surface area contributed by atoms with Gasteiger partial charge in [-0.25, -0.2) is 14.1 Å². The number of aliphatic hydroxyl groups excluding tert-OH is 3. The lowest BCUT2D eigenvalue weighted by Crippen LogP contribution is -2.55. The fraction of sp³-hybridized carbons (Fsp3) is 0.353. The van der Waals surface area contributed by atoms with E-state index in [1.165, 1.54) is 23.0 Å². The molecule has 5 unspecified atom stereocenters. The Hall–Kier alpha value is -1.51. The SMILES string of the molecule is OCC1OC(Sc2cc(Cl)c(F)c(Cl)c2)C(O)C(n2cc(-c3csc(O)n3)nn2)C1O. The Morgan fingerprint density at radius 1 is 1.19 bits per heavy atom. The molecule has 2 aromatic heterocycles. The van der Waals surface area contributed by atoms with Gasteiger partial charge >= 0.3 is 0 Å². The van der Waals surface area contributed by atoms with Gasteiger partial charge in [0.05, 0.1) is 22.8 Å². The summed E-state index contributed by atoms with van der Waals surface area (Å²) in [4.78, 5) is 4.33. The van der Waals surface area contributed by atoms with Crippen LogP contribution in [0.3, 0.4) is 0 Å². The highest BCUT2D eigenvalue weighted by Gasteiger charge is 2.46. The minimum Gasteiger partial charge on any atom is -0.486 e. The molecule has 14 heteroatoms. The molecule has 9 nitrogen and oxygen atoms in total. The summed E-state index contributed by atoms with van der Waals surface area (Å²) in [7, 11) is 0. The number of aromatic hydroxyl groups is 1. The summed E-state index contributed by atoms with van der Waals surface area (Å²) in [5, 5.41) is 49.7. The normalized spacial score (nSPS) is 26.3. The van der Waals surface area contributed by atoms with Gasteiger partial charge in [0.15, 0.2) is 5.82 Å². The molecule has 4 rings (SSSR count). The molecule has 1 aliphatic rings. The predicted octanol–water partition coefficient (Wildman–Crippen LogP) is 2.33. The molecule has 3 aromatic rings. The molecular formula is C17H15Cl2FN4O5S2. The fourth-order valence-electron chi connectivity index (χ4n) is 3.13. The van der Waals surface area contributed by atoms with E-state index in [1.807, 2.05) is 0 Å². The number of aromatic nitrogens is 4. The molecule has 5 atom stereocenters.